The molecule has 94 valence electrons. The van der Waals surface area contributed by atoms with Crippen molar-refractivity contribution in [1.82, 2.24) is 5.32 Å². The van der Waals surface area contributed by atoms with Crippen LogP contribution in [0, 0.1) is 0 Å². The van der Waals surface area contributed by atoms with Gasteiger partial charge < -0.3 is 16.4 Å². The fourth-order valence-electron chi connectivity index (χ4n) is 1.62. The maximum absolute atomic E-state index is 11.6. The Morgan fingerprint density at radius 1 is 1.35 bits per heavy atom. The van der Waals surface area contributed by atoms with Gasteiger partial charge in [0, 0.05) is 18.3 Å². The third-order valence-electron chi connectivity index (χ3n) is 2.55. The highest BCUT2D eigenvalue weighted by Gasteiger charge is 2.05. The van der Waals surface area contributed by atoms with Gasteiger partial charge in [0.15, 0.2) is 0 Å². The van der Waals surface area contributed by atoms with E-state index in [2.05, 4.69) is 17.6 Å². The Kier molecular flexibility index (Phi) is 5.49. The minimum absolute atomic E-state index is 0.161. The monoisotopic (exact) mass is 235 g/mol. The lowest BCUT2D eigenvalue weighted by molar-refractivity contribution is 0.248. The minimum atomic E-state index is -0.161. The van der Waals surface area contributed by atoms with Crippen LogP contribution in [0.3, 0.4) is 0 Å². The molecule has 0 aliphatic carbocycles. The van der Waals surface area contributed by atoms with E-state index in [1.165, 1.54) is 0 Å². The van der Waals surface area contributed by atoms with Crippen molar-refractivity contribution in [2.24, 2.45) is 5.73 Å². The van der Waals surface area contributed by atoms with Crippen molar-refractivity contribution in [3.8, 4) is 0 Å². The average molecular weight is 235 g/mol. The lowest BCUT2D eigenvalue weighted by Gasteiger charge is -2.13. The number of anilines is 1. The molecule has 1 unspecified atom stereocenters. The topological polar surface area (TPSA) is 67.2 Å². The molecule has 17 heavy (non-hydrogen) atoms. The molecule has 1 rings (SSSR count). The lowest BCUT2D eigenvalue weighted by Crippen LogP contribution is -2.35. The molecule has 0 saturated heterocycles. The number of hydrogen-bond acceptors (Lipinski definition) is 2. The van der Waals surface area contributed by atoms with Crippen molar-refractivity contribution in [2.45, 2.75) is 39.3 Å². The molecule has 1 aromatic rings. The largest absolute Gasteiger partial charge is 0.335 e. The first-order valence-electron chi connectivity index (χ1n) is 6.02. The molecule has 4 nitrogen and oxygen atoms in total. The molecule has 0 fully saturated rings. The van der Waals surface area contributed by atoms with Crippen molar-refractivity contribution in [3.05, 3.63) is 29.8 Å². The third-order valence-corrected chi connectivity index (χ3v) is 2.55. The van der Waals surface area contributed by atoms with Crippen molar-refractivity contribution < 1.29 is 4.79 Å². The first-order chi connectivity index (χ1) is 8.15. The van der Waals surface area contributed by atoms with E-state index >= 15 is 0 Å². The summed E-state index contributed by atoms with van der Waals surface area (Å²) in [7, 11) is 0. The summed E-state index contributed by atoms with van der Waals surface area (Å²) in [5, 5.41) is 5.67. The number of carbonyl (C=O) groups is 1. The fourth-order valence-corrected chi connectivity index (χ4v) is 1.62. The van der Waals surface area contributed by atoms with Crippen LogP contribution in [0.1, 0.15) is 32.3 Å². The lowest BCUT2D eigenvalue weighted by atomic mass is 10.2. The first kappa shape index (κ1) is 13.5. The van der Waals surface area contributed by atoms with E-state index in [-0.39, 0.29) is 12.1 Å². The number of urea groups is 1. The molecule has 0 radical (unpaired) electrons. The van der Waals surface area contributed by atoms with Crippen molar-refractivity contribution in [3.63, 3.8) is 0 Å². The standard InChI is InChI=1S/C13H21N3O/c1-3-4-10(2)15-13(17)16-12-7-5-11(9-14)6-8-12/h5-8,10H,3-4,9,14H2,1-2H3,(H2,15,16,17). The Morgan fingerprint density at radius 2 is 2.00 bits per heavy atom. The van der Waals surface area contributed by atoms with E-state index in [1.54, 1.807) is 0 Å². The van der Waals surface area contributed by atoms with Gasteiger partial charge in [0.2, 0.25) is 0 Å². The summed E-state index contributed by atoms with van der Waals surface area (Å²) in [6, 6.07) is 7.56. The van der Waals surface area contributed by atoms with E-state index in [1.807, 2.05) is 31.2 Å². The highest BCUT2D eigenvalue weighted by atomic mass is 16.2. The zero-order valence-electron chi connectivity index (χ0n) is 10.5. The van der Waals surface area contributed by atoms with Crippen LogP contribution in [-0.2, 0) is 6.54 Å². The van der Waals surface area contributed by atoms with Crippen LogP contribution in [-0.4, -0.2) is 12.1 Å². The molecule has 0 saturated carbocycles. The van der Waals surface area contributed by atoms with Crippen LogP contribution in [0.25, 0.3) is 0 Å². The predicted octanol–water partition coefficient (Wildman–Crippen LogP) is 2.46. The second-order valence-corrected chi connectivity index (χ2v) is 4.19. The summed E-state index contributed by atoms with van der Waals surface area (Å²) < 4.78 is 0. The van der Waals surface area contributed by atoms with Gasteiger partial charge in [-0.1, -0.05) is 25.5 Å². The zero-order chi connectivity index (χ0) is 12.7. The van der Waals surface area contributed by atoms with Gasteiger partial charge >= 0.3 is 6.03 Å². The molecule has 0 aromatic heterocycles. The second-order valence-electron chi connectivity index (χ2n) is 4.19. The Morgan fingerprint density at radius 3 is 2.53 bits per heavy atom. The second kappa shape index (κ2) is 6.91. The van der Waals surface area contributed by atoms with Crippen molar-refractivity contribution in [2.75, 3.05) is 5.32 Å². The zero-order valence-corrected chi connectivity index (χ0v) is 10.5. The van der Waals surface area contributed by atoms with E-state index in [4.69, 9.17) is 5.73 Å². The van der Waals surface area contributed by atoms with Crippen LogP contribution in [0.4, 0.5) is 10.5 Å². The number of nitrogens with two attached hydrogens (primary N) is 1. The smallest absolute Gasteiger partial charge is 0.319 e. The Labute approximate surface area is 103 Å². The third kappa shape index (κ3) is 4.87. The maximum Gasteiger partial charge on any atom is 0.319 e. The molecular weight excluding hydrogens is 214 g/mol. The molecule has 2 amide bonds. The van der Waals surface area contributed by atoms with Crippen LogP contribution in [0.15, 0.2) is 24.3 Å². The molecule has 0 aliphatic rings. The van der Waals surface area contributed by atoms with Crippen molar-refractivity contribution in [1.29, 1.82) is 0 Å². The summed E-state index contributed by atoms with van der Waals surface area (Å²) in [5.41, 5.74) is 7.33. The number of rotatable bonds is 5. The number of benzene rings is 1. The average Bonchev–Trinajstić information content (AvgIpc) is 2.30. The summed E-state index contributed by atoms with van der Waals surface area (Å²) in [4.78, 5) is 11.6. The highest BCUT2D eigenvalue weighted by Crippen LogP contribution is 2.09. The van der Waals surface area contributed by atoms with Gasteiger partial charge in [-0.25, -0.2) is 4.79 Å². The Bertz CT molecular complexity index is 348. The Hall–Kier alpha value is -1.55. The van der Waals surface area contributed by atoms with Crippen LogP contribution in [0.2, 0.25) is 0 Å². The Balaban J connectivity index is 2.44. The summed E-state index contributed by atoms with van der Waals surface area (Å²) in [5.74, 6) is 0. The van der Waals surface area contributed by atoms with Gasteiger partial charge in [0.1, 0.15) is 0 Å². The number of carbonyl (C=O) groups excluding carboxylic acids is 1. The predicted molar refractivity (Wildman–Crippen MR) is 70.9 cm³/mol. The van der Waals surface area contributed by atoms with E-state index in [9.17, 15) is 4.79 Å². The normalized spacial score (nSPS) is 11.9. The van der Waals surface area contributed by atoms with Gasteiger partial charge in [0.25, 0.3) is 0 Å². The summed E-state index contributed by atoms with van der Waals surface area (Å²) in [6.07, 6.45) is 2.05. The maximum atomic E-state index is 11.6. The number of amides is 2. The summed E-state index contributed by atoms with van der Waals surface area (Å²) >= 11 is 0. The van der Waals surface area contributed by atoms with Gasteiger partial charge in [-0.05, 0) is 31.0 Å². The fraction of sp³-hybridized carbons (Fsp3) is 0.462. The molecule has 0 bridgehead atoms. The van der Waals surface area contributed by atoms with Crippen LogP contribution >= 0.6 is 0 Å². The van der Waals surface area contributed by atoms with E-state index in [0.717, 1.165) is 24.1 Å². The first-order valence-corrected chi connectivity index (χ1v) is 6.02. The van der Waals surface area contributed by atoms with E-state index in [0.29, 0.717) is 6.54 Å². The number of hydrogen-bond donors (Lipinski definition) is 3. The SMILES string of the molecule is CCCC(C)NC(=O)Nc1ccc(CN)cc1. The van der Waals surface area contributed by atoms with Crippen LogP contribution in [0.5, 0.6) is 0 Å². The summed E-state index contributed by atoms with van der Waals surface area (Å²) in [6.45, 7) is 4.61. The minimum Gasteiger partial charge on any atom is -0.335 e. The van der Waals surface area contributed by atoms with Gasteiger partial charge in [-0.2, -0.15) is 0 Å². The molecule has 4 N–H and O–H groups in total. The number of nitrogens with one attached hydrogen (secondary N) is 2. The molecule has 0 aliphatic heterocycles. The highest BCUT2D eigenvalue weighted by molar-refractivity contribution is 5.89. The molecule has 0 heterocycles. The molecular formula is C13H21N3O. The van der Waals surface area contributed by atoms with E-state index < -0.39 is 0 Å². The van der Waals surface area contributed by atoms with Crippen molar-refractivity contribution >= 4 is 11.7 Å². The quantitative estimate of drug-likeness (QED) is 0.734. The van der Waals surface area contributed by atoms with Gasteiger partial charge in [-0.3, -0.25) is 0 Å². The van der Waals surface area contributed by atoms with Gasteiger partial charge in [-0.15, -0.1) is 0 Å². The molecule has 1 atom stereocenters. The molecule has 1 aromatic carbocycles. The van der Waals surface area contributed by atoms with Gasteiger partial charge in [0.05, 0.1) is 0 Å². The molecule has 0 spiro atoms. The van der Waals surface area contributed by atoms with Crippen LogP contribution < -0.4 is 16.4 Å². The molecule has 4 heteroatoms.